The molecule has 0 spiro atoms. The number of carbonyl (C=O) groups is 1. The predicted octanol–water partition coefficient (Wildman–Crippen LogP) is 4.22. The molecule has 150 valence electrons. The molecule has 8 heteroatoms. The van der Waals surface area contributed by atoms with Gasteiger partial charge in [0.05, 0.1) is 17.7 Å². The van der Waals surface area contributed by atoms with E-state index in [9.17, 15) is 4.79 Å². The fourth-order valence-electron chi connectivity index (χ4n) is 3.35. The van der Waals surface area contributed by atoms with E-state index in [2.05, 4.69) is 27.2 Å². The molecular weight excluding hydrogens is 386 g/mol. The number of thiazole rings is 1. The Hall–Kier alpha value is -3.00. The molecule has 0 bridgehead atoms. The number of aryl methyl sites for hydroxylation is 3. The zero-order valence-corrected chi connectivity index (χ0v) is 17.5. The Bertz CT molecular complexity index is 1020. The highest BCUT2D eigenvalue weighted by molar-refractivity contribution is 7.15. The Morgan fingerprint density at radius 3 is 2.90 bits per heavy atom. The first-order valence-electron chi connectivity index (χ1n) is 9.55. The maximum absolute atomic E-state index is 12.5. The number of amides is 1. The number of hydrogen-bond donors (Lipinski definition) is 1. The van der Waals surface area contributed by atoms with Crippen molar-refractivity contribution in [3.63, 3.8) is 0 Å². The average Bonchev–Trinajstić information content (AvgIpc) is 3.42. The number of carbonyl (C=O) groups excluding carboxylic acids is 1. The summed E-state index contributed by atoms with van der Waals surface area (Å²) in [6.07, 6.45) is 5.73. The van der Waals surface area contributed by atoms with Crippen molar-refractivity contribution in [2.45, 2.75) is 33.1 Å². The molecule has 0 aromatic carbocycles. The molecule has 3 aromatic heterocycles. The minimum absolute atomic E-state index is 0.0123. The molecule has 0 radical (unpaired) electrons. The van der Waals surface area contributed by atoms with Gasteiger partial charge in [-0.3, -0.25) is 4.79 Å². The number of nitrogens with zero attached hydrogens (tertiary/aromatic N) is 4. The summed E-state index contributed by atoms with van der Waals surface area (Å²) in [7, 11) is 0. The second kappa shape index (κ2) is 8.16. The van der Waals surface area contributed by atoms with Gasteiger partial charge in [0.15, 0.2) is 5.13 Å². The van der Waals surface area contributed by atoms with Gasteiger partial charge >= 0.3 is 0 Å². The van der Waals surface area contributed by atoms with E-state index in [-0.39, 0.29) is 11.8 Å². The smallest absolute Gasteiger partial charge is 0.246 e. The van der Waals surface area contributed by atoms with Crippen LogP contribution in [0.25, 0.3) is 6.08 Å². The lowest BCUT2D eigenvalue weighted by atomic mass is 10.0. The molecule has 4 heterocycles. The van der Waals surface area contributed by atoms with Gasteiger partial charge in [-0.05, 0) is 45.4 Å². The lowest BCUT2D eigenvalue weighted by Gasteiger charge is -2.15. The highest BCUT2D eigenvalue weighted by atomic mass is 32.1. The van der Waals surface area contributed by atoms with Crippen LogP contribution in [-0.2, 0) is 4.79 Å². The number of hydrogen-bond acceptors (Lipinski definition) is 7. The van der Waals surface area contributed by atoms with Gasteiger partial charge in [0.2, 0.25) is 5.91 Å². The predicted molar refractivity (Wildman–Crippen MR) is 113 cm³/mol. The third-order valence-corrected chi connectivity index (χ3v) is 5.96. The van der Waals surface area contributed by atoms with Crippen LogP contribution in [0.3, 0.4) is 0 Å². The molecule has 1 N–H and O–H groups in total. The van der Waals surface area contributed by atoms with Crippen molar-refractivity contribution < 1.29 is 9.21 Å². The van der Waals surface area contributed by atoms with Crippen molar-refractivity contribution in [1.29, 1.82) is 0 Å². The van der Waals surface area contributed by atoms with Crippen LogP contribution in [0.15, 0.2) is 35.0 Å². The third-order valence-electron chi connectivity index (χ3n) is 4.97. The first kappa shape index (κ1) is 19.3. The number of nitrogens with one attached hydrogen (secondary N) is 1. The van der Waals surface area contributed by atoms with E-state index >= 15 is 0 Å². The number of anilines is 2. The summed E-state index contributed by atoms with van der Waals surface area (Å²) in [5, 5.41) is 4.12. The molecule has 1 aliphatic heterocycles. The Kier molecular flexibility index (Phi) is 5.44. The Morgan fingerprint density at radius 1 is 1.31 bits per heavy atom. The van der Waals surface area contributed by atoms with E-state index in [0.717, 1.165) is 28.8 Å². The first-order chi connectivity index (χ1) is 14.0. The summed E-state index contributed by atoms with van der Waals surface area (Å²) in [5.41, 5.74) is 1.98. The quantitative estimate of drug-likeness (QED) is 0.635. The summed E-state index contributed by atoms with van der Waals surface area (Å²) in [6, 6.07) is 5.59. The monoisotopic (exact) mass is 409 g/mol. The van der Waals surface area contributed by atoms with Gasteiger partial charge in [0.1, 0.15) is 17.4 Å². The van der Waals surface area contributed by atoms with E-state index in [1.807, 2.05) is 30.9 Å². The number of aromatic nitrogens is 3. The van der Waals surface area contributed by atoms with Gasteiger partial charge in [-0.25, -0.2) is 15.0 Å². The van der Waals surface area contributed by atoms with Crippen molar-refractivity contribution in [3.05, 3.63) is 58.4 Å². The fraction of sp³-hybridized carbons (Fsp3) is 0.333. The number of likely N-dealkylation sites (tertiary alicyclic amines) is 1. The van der Waals surface area contributed by atoms with Crippen LogP contribution < -0.4 is 5.32 Å². The molecular formula is C21H23N5O2S. The van der Waals surface area contributed by atoms with Gasteiger partial charge in [0.25, 0.3) is 0 Å². The van der Waals surface area contributed by atoms with E-state index in [0.29, 0.717) is 24.7 Å². The van der Waals surface area contributed by atoms with E-state index < -0.39 is 0 Å². The molecule has 1 fully saturated rings. The average molecular weight is 410 g/mol. The van der Waals surface area contributed by atoms with Crippen LogP contribution in [0, 0.1) is 20.8 Å². The summed E-state index contributed by atoms with van der Waals surface area (Å²) >= 11 is 1.61. The topological polar surface area (TPSA) is 84.2 Å². The summed E-state index contributed by atoms with van der Waals surface area (Å²) in [4.78, 5) is 29.1. The van der Waals surface area contributed by atoms with E-state index in [1.165, 1.54) is 4.88 Å². The van der Waals surface area contributed by atoms with Gasteiger partial charge in [0, 0.05) is 36.0 Å². The lowest BCUT2D eigenvalue weighted by molar-refractivity contribution is -0.124. The molecule has 7 nitrogen and oxygen atoms in total. The normalized spacial score (nSPS) is 16.7. The van der Waals surface area contributed by atoms with Crippen molar-refractivity contribution in [2.75, 3.05) is 18.4 Å². The molecule has 1 unspecified atom stereocenters. The highest BCUT2D eigenvalue weighted by Gasteiger charge is 2.28. The standard InChI is InChI=1S/C21H23N5O2S/c1-13-14(2)29-21(22-13)25-19-11-18(23-15(3)24-19)16-8-9-26(12-16)20(27)7-6-17-5-4-10-28-17/h4-7,10-11,16H,8-9,12H2,1-3H3,(H,22,23,24,25)/b7-6+. The SMILES string of the molecule is Cc1nc(Nc2nc(C)c(C)s2)cc(C2CCN(C(=O)/C=C/c3ccco3)C2)n1. The van der Waals surface area contributed by atoms with Crippen molar-refractivity contribution in [2.24, 2.45) is 0 Å². The molecule has 0 aliphatic carbocycles. The molecule has 1 atom stereocenters. The maximum Gasteiger partial charge on any atom is 0.246 e. The second-order valence-corrected chi connectivity index (χ2v) is 8.33. The molecule has 1 amide bonds. The maximum atomic E-state index is 12.5. The lowest BCUT2D eigenvalue weighted by Crippen LogP contribution is -2.26. The highest BCUT2D eigenvalue weighted by Crippen LogP contribution is 2.29. The van der Waals surface area contributed by atoms with Gasteiger partial charge in [-0.2, -0.15) is 0 Å². The molecule has 3 aromatic rings. The van der Waals surface area contributed by atoms with Crippen LogP contribution in [0.4, 0.5) is 10.9 Å². The summed E-state index contributed by atoms with van der Waals surface area (Å²) < 4.78 is 5.24. The van der Waals surface area contributed by atoms with Crippen molar-refractivity contribution >= 4 is 34.3 Å². The van der Waals surface area contributed by atoms with E-state index in [1.54, 1.807) is 35.8 Å². The molecule has 1 aliphatic rings. The third kappa shape index (κ3) is 4.54. The van der Waals surface area contributed by atoms with Crippen LogP contribution in [0.2, 0.25) is 0 Å². The minimum Gasteiger partial charge on any atom is -0.465 e. The molecule has 1 saturated heterocycles. The molecule has 4 rings (SSSR count). The van der Waals surface area contributed by atoms with Gasteiger partial charge in [-0.15, -0.1) is 11.3 Å². The largest absolute Gasteiger partial charge is 0.465 e. The summed E-state index contributed by atoms with van der Waals surface area (Å²) in [5.74, 6) is 2.30. The van der Waals surface area contributed by atoms with E-state index in [4.69, 9.17) is 4.42 Å². The molecule has 29 heavy (non-hydrogen) atoms. The van der Waals surface area contributed by atoms with Crippen LogP contribution >= 0.6 is 11.3 Å². The van der Waals surface area contributed by atoms with Crippen LogP contribution in [-0.4, -0.2) is 38.8 Å². The van der Waals surface area contributed by atoms with Crippen molar-refractivity contribution in [1.82, 2.24) is 19.9 Å². The Morgan fingerprint density at radius 2 is 2.17 bits per heavy atom. The number of rotatable bonds is 5. The molecule has 0 saturated carbocycles. The van der Waals surface area contributed by atoms with Crippen molar-refractivity contribution in [3.8, 4) is 0 Å². The van der Waals surface area contributed by atoms with Gasteiger partial charge < -0.3 is 14.6 Å². The number of furan rings is 1. The summed E-state index contributed by atoms with van der Waals surface area (Å²) in [6.45, 7) is 7.30. The zero-order chi connectivity index (χ0) is 20.4. The fourth-order valence-corrected chi connectivity index (χ4v) is 4.17. The Balaban J connectivity index is 1.44. The second-order valence-electron chi connectivity index (χ2n) is 7.13. The first-order valence-corrected chi connectivity index (χ1v) is 10.4. The Labute approximate surface area is 173 Å². The zero-order valence-electron chi connectivity index (χ0n) is 16.7. The van der Waals surface area contributed by atoms with Crippen LogP contribution in [0.5, 0.6) is 0 Å². The minimum atomic E-state index is -0.0123. The van der Waals surface area contributed by atoms with Gasteiger partial charge in [-0.1, -0.05) is 0 Å². The van der Waals surface area contributed by atoms with Crippen LogP contribution in [0.1, 0.15) is 40.2 Å².